The number of carbonyl (C=O) groups is 2. The number of amides is 1. The van der Waals surface area contributed by atoms with Gasteiger partial charge in [-0.15, -0.1) is 0 Å². The van der Waals surface area contributed by atoms with Gasteiger partial charge in [0.15, 0.2) is 0 Å². The fourth-order valence-corrected chi connectivity index (χ4v) is 3.03. The number of nitrogens with one attached hydrogen (secondary N) is 1. The Balaban J connectivity index is 2.46. The number of benzene rings is 2. The third-order valence-corrected chi connectivity index (χ3v) is 4.28. The minimum atomic E-state index is -1.06. The molecule has 132 valence electrons. The molecule has 0 fully saturated rings. The van der Waals surface area contributed by atoms with Crippen molar-refractivity contribution in [3.05, 3.63) is 60.2 Å². The standard InChI is InChI=1S/C21H25NO3/c1-4-21(22-16(3)23,20(24)25-5-2)15-18-13-9-10-14-19(18)17-11-7-6-8-12-17/h6-14H,4-5,15H2,1-3H3,(H,22,23). The average molecular weight is 339 g/mol. The Kier molecular flexibility index (Phi) is 6.34. The summed E-state index contributed by atoms with van der Waals surface area (Å²) in [6.07, 6.45) is 0.835. The molecule has 0 aliphatic rings. The van der Waals surface area contributed by atoms with Gasteiger partial charge in [0.25, 0.3) is 0 Å². The van der Waals surface area contributed by atoms with Crippen LogP contribution in [0.4, 0.5) is 0 Å². The van der Waals surface area contributed by atoms with Crippen LogP contribution in [0.3, 0.4) is 0 Å². The van der Waals surface area contributed by atoms with Crippen LogP contribution in [0.1, 0.15) is 32.8 Å². The second-order valence-corrected chi connectivity index (χ2v) is 6.04. The lowest BCUT2D eigenvalue weighted by Gasteiger charge is -2.32. The van der Waals surface area contributed by atoms with Crippen LogP contribution in [0.5, 0.6) is 0 Å². The molecule has 2 rings (SSSR count). The summed E-state index contributed by atoms with van der Waals surface area (Å²) >= 11 is 0. The van der Waals surface area contributed by atoms with Crippen molar-refractivity contribution in [2.75, 3.05) is 6.61 Å². The van der Waals surface area contributed by atoms with Crippen molar-refractivity contribution >= 4 is 11.9 Å². The summed E-state index contributed by atoms with van der Waals surface area (Å²) in [6.45, 7) is 5.36. The Morgan fingerprint density at radius 3 is 2.24 bits per heavy atom. The molecule has 0 aliphatic carbocycles. The minimum Gasteiger partial charge on any atom is -0.464 e. The molecule has 0 bridgehead atoms. The molecule has 0 saturated carbocycles. The summed E-state index contributed by atoms with van der Waals surface area (Å²) in [5, 5.41) is 2.84. The first-order chi connectivity index (χ1) is 12.0. The summed E-state index contributed by atoms with van der Waals surface area (Å²) in [5.41, 5.74) is 2.06. The Labute approximate surface area is 149 Å². The van der Waals surface area contributed by atoms with Crippen LogP contribution < -0.4 is 5.32 Å². The van der Waals surface area contributed by atoms with E-state index >= 15 is 0 Å². The Hall–Kier alpha value is -2.62. The van der Waals surface area contributed by atoms with Gasteiger partial charge in [0, 0.05) is 13.3 Å². The van der Waals surface area contributed by atoms with Crippen molar-refractivity contribution in [3.8, 4) is 11.1 Å². The normalized spacial score (nSPS) is 12.9. The predicted molar refractivity (Wildman–Crippen MR) is 99.1 cm³/mol. The van der Waals surface area contributed by atoms with E-state index in [9.17, 15) is 9.59 Å². The van der Waals surface area contributed by atoms with E-state index in [1.807, 2.05) is 61.5 Å². The minimum absolute atomic E-state index is 0.243. The molecule has 0 radical (unpaired) electrons. The maximum atomic E-state index is 12.6. The van der Waals surface area contributed by atoms with Crippen molar-refractivity contribution < 1.29 is 14.3 Å². The molecule has 2 aromatic rings. The van der Waals surface area contributed by atoms with E-state index in [0.717, 1.165) is 16.7 Å². The fraction of sp³-hybridized carbons (Fsp3) is 0.333. The van der Waals surface area contributed by atoms with Crippen molar-refractivity contribution in [2.45, 2.75) is 39.2 Å². The van der Waals surface area contributed by atoms with Gasteiger partial charge in [-0.05, 0) is 30.0 Å². The van der Waals surface area contributed by atoms with E-state index in [0.29, 0.717) is 12.8 Å². The third-order valence-electron chi connectivity index (χ3n) is 4.28. The van der Waals surface area contributed by atoms with Crippen LogP contribution in [0.15, 0.2) is 54.6 Å². The van der Waals surface area contributed by atoms with Gasteiger partial charge in [0.2, 0.25) is 5.91 Å². The van der Waals surface area contributed by atoms with Crippen molar-refractivity contribution in [2.24, 2.45) is 0 Å². The maximum Gasteiger partial charge on any atom is 0.332 e. The topological polar surface area (TPSA) is 55.4 Å². The average Bonchev–Trinajstić information content (AvgIpc) is 2.62. The van der Waals surface area contributed by atoms with Gasteiger partial charge in [0.05, 0.1) is 6.61 Å². The Morgan fingerprint density at radius 2 is 1.64 bits per heavy atom. The number of hydrogen-bond acceptors (Lipinski definition) is 3. The van der Waals surface area contributed by atoms with Gasteiger partial charge in [-0.1, -0.05) is 61.5 Å². The zero-order valence-corrected chi connectivity index (χ0v) is 15.0. The van der Waals surface area contributed by atoms with E-state index in [1.54, 1.807) is 6.92 Å². The fourth-order valence-electron chi connectivity index (χ4n) is 3.03. The van der Waals surface area contributed by atoms with E-state index in [1.165, 1.54) is 6.92 Å². The highest BCUT2D eigenvalue weighted by Crippen LogP contribution is 2.28. The first-order valence-corrected chi connectivity index (χ1v) is 8.61. The first-order valence-electron chi connectivity index (χ1n) is 8.61. The Bertz CT molecular complexity index is 727. The molecule has 1 unspecified atom stereocenters. The monoisotopic (exact) mass is 339 g/mol. The van der Waals surface area contributed by atoms with E-state index in [4.69, 9.17) is 4.74 Å². The van der Waals surface area contributed by atoms with Crippen molar-refractivity contribution in [1.82, 2.24) is 5.32 Å². The van der Waals surface area contributed by atoms with Gasteiger partial charge in [-0.2, -0.15) is 0 Å². The number of esters is 1. The smallest absolute Gasteiger partial charge is 0.332 e. The van der Waals surface area contributed by atoms with Crippen LogP contribution in [0.2, 0.25) is 0 Å². The highest BCUT2D eigenvalue weighted by Gasteiger charge is 2.39. The summed E-state index contributed by atoms with van der Waals surface area (Å²) in [7, 11) is 0. The molecular weight excluding hydrogens is 314 g/mol. The van der Waals surface area contributed by atoms with Crippen LogP contribution in [-0.4, -0.2) is 24.0 Å². The van der Waals surface area contributed by atoms with Crippen LogP contribution in [0.25, 0.3) is 11.1 Å². The van der Waals surface area contributed by atoms with E-state index in [2.05, 4.69) is 5.32 Å². The van der Waals surface area contributed by atoms with Gasteiger partial charge in [-0.3, -0.25) is 4.79 Å². The largest absolute Gasteiger partial charge is 0.464 e. The Morgan fingerprint density at radius 1 is 1.00 bits per heavy atom. The highest BCUT2D eigenvalue weighted by molar-refractivity contribution is 5.88. The lowest BCUT2D eigenvalue weighted by molar-refractivity contribution is -0.153. The predicted octanol–water partition coefficient (Wildman–Crippen LogP) is 3.74. The van der Waals surface area contributed by atoms with E-state index < -0.39 is 11.5 Å². The summed E-state index contributed by atoms with van der Waals surface area (Å²) in [4.78, 5) is 24.4. The number of hydrogen-bond donors (Lipinski definition) is 1. The molecule has 4 nitrogen and oxygen atoms in total. The molecule has 2 aromatic carbocycles. The molecule has 1 atom stereocenters. The lowest BCUT2D eigenvalue weighted by Crippen LogP contribution is -2.56. The lowest BCUT2D eigenvalue weighted by atomic mass is 9.84. The van der Waals surface area contributed by atoms with Gasteiger partial charge in [0.1, 0.15) is 5.54 Å². The van der Waals surface area contributed by atoms with Gasteiger partial charge >= 0.3 is 5.97 Å². The zero-order valence-electron chi connectivity index (χ0n) is 15.0. The molecule has 1 amide bonds. The molecule has 0 saturated heterocycles. The second kappa shape index (κ2) is 8.47. The molecule has 0 aromatic heterocycles. The molecule has 0 aliphatic heterocycles. The second-order valence-electron chi connectivity index (χ2n) is 6.04. The molecular formula is C21H25NO3. The molecule has 4 heteroatoms. The molecule has 1 N–H and O–H groups in total. The van der Waals surface area contributed by atoms with E-state index in [-0.39, 0.29) is 12.5 Å². The van der Waals surface area contributed by atoms with Gasteiger partial charge in [-0.25, -0.2) is 4.79 Å². The zero-order chi connectivity index (χ0) is 18.3. The quantitative estimate of drug-likeness (QED) is 0.782. The molecule has 0 spiro atoms. The number of ether oxygens (including phenoxy) is 1. The number of rotatable bonds is 7. The summed E-state index contributed by atoms with van der Waals surface area (Å²) < 4.78 is 5.26. The molecule has 25 heavy (non-hydrogen) atoms. The summed E-state index contributed by atoms with van der Waals surface area (Å²) in [6, 6.07) is 18.0. The van der Waals surface area contributed by atoms with Gasteiger partial charge < -0.3 is 10.1 Å². The van der Waals surface area contributed by atoms with Crippen LogP contribution in [0, 0.1) is 0 Å². The van der Waals surface area contributed by atoms with Crippen LogP contribution in [-0.2, 0) is 20.7 Å². The maximum absolute atomic E-state index is 12.6. The highest BCUT2D eigenvalue weighted by atomic mass is 16.5. The summed E-state index contributed by atoms with van der Waals surface area (Å²) in [5.74, 6) is -0.636. The molecule has 0 heterocycles. The van der Waals surface area contributed by atoms with Crippen LogP contribution >= 0.6 is 0 Å². The SMILES string of the molecule is CCOC(=O)C(CC)(Cc1ccccc1-c1ccccc1)NC(C)=O. The van der Waals surface area contributed by atoms with Crippen molar-refractivity contribution in [1.29, 1.82) is 0 Å². The van der Waals surface area contributed by atoms with Crippen molar-refractivity contribution in [3.63, 3.8) is 0 Å². The first kappa shape index (κ1) is 18.7. The number of carbonyl (C=O) groups excluding carboxylic acids is 2. The third kappa shape index (κ3) is 4.47.